The Labute approximate surface area is 114 Å². The summed E-state index contributed by atoms with van der Waals surface area (Å²) >= 11 is 0. The molecule has 1 aliphatic rings. The maximum absolute atomic E-state index is 11.0. The topological polar surface area (TPSA) is 75.3 Å². The number of hydrogen-bond acceptors (Lipinski definition) is 3. The van der Waals surface area contributed by atoms with Gasteiger partial charge in [-0.3, -0.25) is 0 Å². The van der Waals surface area contributed by atoms with Gasteiger partial charge in [0.1, 0.15) is 0 Å². The minimum Gasteiger partial charge on any atom is -0.478 e. The maximum atomic E-state index is 11.0. The summed E-state index contributed by atoms with van der Waals surface area (Å²) in [5, 5.41) is 12.2. The van der Waals surface area contributed by atoms with Crippen LogP contribution in [-0.2, 0) is 0 Å². The van der Waals surface area contributed by atoms with Crippen LogP contribution in [0.15, 0.2) is 18.2 Å². The molecule has 2 rings (SSSR count). The minimum absolute atomic E-state index is 0.167. The average molecular weight is 262 g/mol. The van der Waals surface area contributed by atoms with Gasteiger partial charge in [0.15, 0.2) is 0 Å². The van der Waals surface area contributed by atoms with Crippen LogP contribution in [0.4, 0.5) is 11.4 Å². The molecule has 0 unspecified atom stereocenters. The number of benzene rings is 1. The van der Waals surface area contributed by atoms with Gasteiger partial charge < -0.3 is 16.2 Å². The van der Waals surface area contributed by atoms with Crippen LogP contribution in [-0.4, -0.2) is 17.6 Å². The van der Waals surface area contributed by atoms with Gasteiger partial charge in [-0.1, -0.05) is 31.7 Å². The van der Waals surface area contributed by atoms with E-state index >= 15 is 0 Å². The van der Waals surface area contributed by atoms with Crippen molar-refractivity contribution in [3.05, 3.63) is 23.8 Å². The van der Waals surface area contributed by atoms with Crippen molar-refractivity contribution in [3.63, 3.8) is 0 Å². The summed E-state index contributed by atoms with van der Waals surface area (Å²) < 4.78 is 0. The number of nitrogens with two attached hydrogens (primary N) is 1. The fourth-order valence-electron chi connectivity index (χ4n) is 2.82. The number of nitrogens with one attached hydrogen (secondary N) is 1. The Morgan fingerprint density at radius 1 is 1.37 bits per heavy atom. The lowest BCUT2D eigenvalue weighted by Crippen LogP contribution is -2.09. The number of aromatic carboxylic acids is 1. The molecule has 0 atom stereocenters. The summed E-state index contributed by atoms with van der Waals surface area (Å²) in [6, 6.07) is 5.08. The number of carboxylic acids is 1. The zero-order valence-corrected chi connectivity index (χ0v) is 11.2. The third-order valence-corrected chi connectivity index (χ3v) is 3.92. The van der Waals surface area contributed by atoms with E-state index in [0.717, 1.165) is 24.6 Å². The highest BCUT2D eigenvalue weighted by Gasteiger charge is 2.14. The summed E-state index contributed by atoms with van der Waals surface area (Å²) in [7, 11) is 0. The Morgan fingerprint density at radius 2 is 2.11 bits per heavy atom. The van der Waals surface area contributed by atoms with Gasteiger partial charge >= 0.3 is 5.97 Å². The molecule has 0 spiro atoms. The summed E-state index contributed by atoms with van der Waals surface area (Å²) in [5.41, 5.74) is 7.07. The predicted molar refractivity (Wildman–Crippen MR) is 77.5 cm³/mol. The minimum atomic E-state index is -0.980. The summed E-state index contributed by atoms with van der Waals surface area (Å²) in [5.74, 6) is -0.0865. The second kappa shape index (κ2) is 6.45. The van der Waals surface area contributed by atoms with Crippen molar-refractivity contribution in [2.24, 2.45) is 5.92 Å². The summed E-state index contributed by atoms with van der Waals surface area (Å²) in [4.78, 5) is 11.0. The molecule has 0 aromatic heterocycles. The fourth-order valence-corrected chi connectivity index (χ4v) is 2.82. The quantitative estimate of drug-likeness (QED) is 0.543. The van der Waals surface area contributed by atoms with E-state index in [1.807, 2.05) is 6.07 Å². The molecule has 0 heterocycles. The molecule has 0 bridgehead atoms. The van der Waals surface area contributed by atoms with Crippen LogP contribution in [0.1, 0.15) is 48.9 Å². The summed E-state index contributed by atoms with van der Waals surface area (Å²) in [6.07, 6.45) is 7.87. The zero-order valence-electron chi connectivity index (χ0n) is 11.2. The van der Waals surface area contributed by atoms with Crippen molar-refractivity contribution >= 4 is 17.3 Å². The molecule has 1 fully saturated rings. The van der Waals surface area contributed by atoms with Crippen LogP contribution in [0, 0.1) is 5.92 Å². The van der Waals surface area contributed by atoms with Gasteiger partial charge in [-0.05, 0) is 30.9 Å². The first-order chi connectivity index (χ1) is 9.18. The highest BCUT2D eigenvalue weighted by atomic mass is 16.4. The molecule has 19 heavy (non-hydrogen) atoms. The highest BCUT2D eigenvalue weighted by Crippen LogP contribution is 2.28. The van der Waals surface area contributed by atoms with Crippen LogP contribution in [0.5, 0.6) is 0 Å². The molecule has 4 heteroatoms. The van der Waals surface area contributed by atoms with Crippen LogP contribution < -0.4 is 11.1 Å². The molecular formula is C15H22N2O2. The number of nitrogen functional groups attached to an aromatic ring is 1. The number of carbonyl (C=O) groups is 1. The predicted octanol–water partition coefficient (Wildman–Crippen LogP) is 3.35. The van der Waals surface area contributed by atoms with E-state index in [1.54, 1.807) is 6.07 Å². The number of rotatable bonds is 6. The van der Waals surface area contributed by atoms with Crippen molar-refractivity contribution in [2.45, 2.75) is 38.5 Å². The first kappa shape index (κ1) is 13.7. The zero-order chi connectivity index (χ0) is 13.7. The Morgan fingerprint density at radius 3 is 2.79 bits per heavy atom. The second-order valence-electron chi connectivity index (χ2n) is 5.29. The lowest BCUT2D eigenvalue weighted by atomic mass is 10.0. The molecular weight excluding hydrogens is 240 g/mol. The van der Waals surface area contributed by atoms with Crippen molar-refractivity contribution in [1.29, 1.82) is 0 Å². The SMILES string of the molecule is Nc1c(NCCCC2CCCC2)cccc1C(=O)O. The number of para-hydroxylation sites is 1. The van der Waals surface area contributed by atoms with Gasteiger partial charge in [0.2, 0.25) is 0 Å². The Bertz CT molecular complexity index is 440. The van der Waals surface area contributed by atoms with Crippen molar-refractivity contribution in [1.82, 2.24) is 0 Å². The second-order valence-corrected chi connectivity index (χ2v) is 5.29. The monoisotopic (exact) mass is 262 g/mol. The van der Waals surface area contributed by atoms with Gasteiger partial charge in [-0.15, -0.1) is 0 Å². The van der Waals surface area contributed by atoms with E-state index in [-0.39, 0.29) is 5.56 Å². The fraction of sp³-hybridized carbons (Fsp3) is 0.533. The van der Waals surface area contributed by atoms with Gasteiger partial charge in [0, 0.05) is 6.54 Å². The van der Waals surface area contributed by atoms with Crippen LogP contribution in [0.25, 0.3) is 0 Å². The molecule has 0 aliphatic heterocycles. The van der Waals surface area contributed by atoms with E-state index in [0.29, 0.717) is 5.69 Å². The lowest BCUT2D eigenvalue weighted by molar-refractivity contribution is 0.0698. The Kier molecular flexibility index (Phi) is 4.66. The molecule has 4 N–H and O–H groups in total. The van der Waals surface area contributed by atoms with Crippen molar-refractivity contribution in [3.8, 4) is 0 Å². The summed E-state index contributed by atoms with van der Waals surface area (Å²) in [6.45, 7) is 0.851. The van der Waals surface area contributed by atoms with Crippen LogP contribution in [0.3, 0.4) is 0 Å². The van der Waals surface area contributed by atoms with Crippen LogP contribution in [0.2, 0.25) is 0 Å². The van der Waals surface area contributed by atoms with Gasteiger partial charge in [0.05, 0.1) is 16.9 Å². The van der Waals surface area contributed by atoms with E-state index in [4.69, 9.17) is 10.8 Å². The standard InChI is InChI=1S/C15H22N2O2/c16-14-12(15(18)19)8-3-9-13(14)17-10-4-7-11-5-1-2-6-11/h3,8-9,11,17H,1-2,4-7,10,16H2,(H,18,19). The van der Waals surface area contributed by atoms with Gasteiger partial charge in [-0.25, -0.2) is 4.79 Å². The molecule has 104 valence electrons. The average Bonchev–Trinajstić information content (AvgIpc) is 2.89. The Hall–Kier alpha value is -1.71. The molecule has 1 aliphatic carbocycles. The van der Waals surface area contributed by atoms with Gasteiger partial charge in [0.25, 0.3) is 0 Å². The number of anilines is 2. The smallest absolute Gasteiger partial charge is 0.337 e. The third kappa shape index (κ3) is 3.63. The lowest BCUT2D eigenvalue weighted by Gasteiger charge is -2.12. The number of hydrogen-bond donors (Lipinski definition) is 3. The first-order valence-electron chi connectivity index (χ1n) is 7.04. The highest BCUT2D eigenvalue weighted by molar-refractivity contribution is 5.97. The molecule has 1 aromatic rings. The largest absolute Gasteiger partial charge is 0.478 e. The van der Waals surface area contributed by atoms with Crippen LogP contribution >= 0.6 is 0 Å². The first-order valence-corrected chi connectivity index (χ1v) is 7.04. The third-order valence-electron chi connectivity index (χ3n) is 3.92. The molecule has 0 radical (unpaired) electrons. The van der Waals surface area contributed by atoms with E-state index in [1.165, 1.54) is 38.2 Å². The van der Waals surface area contributed by atoms with Crippen molar-refractivity contribution in [2.75, 3.05) is 17.6 Å². The molecule has 0 saturated heterocycles. The van der Waals surface area contributed by atoms with E-state index < -0.39 is 5.97 Å². The van der Waals surface area contributed by atoms with Gasteiger partial charge in [-0.2, -0.15) is 0 Å². The molecule has 0 amide bonds. The van der Waals surface area contributed by atoms with E-state index in [9.17, 15) is 4.79 Å². The van der Waals surface area contributed by atoms with E-state index in [2.05, 4.69) is 5.32 Å². The van der Waals surface area contributed by atoms with Crippen molar-refractivity contribution < 1.29 is 9.90 Å². The number of carboxylic acid groups (broad SMARTS) is 1. The molecule has 1 saturated carbocycles. The normalized spacial score (nSPS) is 15.6. The maximum Gasteiger partial charge on any atom is 0.337 e. The molecule has 4 nitrogen and oxygen atoms in total. The molecule has 1 aromatic carbocycles. The Balaban J connectivity index is 1.82.